The van der Waals surface area contributed by atoms with Gasteiger partial charge in [-0.2, -0.15) is 0 Å². The zero-order valence-corrected chi connectivity index (χ0v) is 15.8. The number of unbranched alkanes of at least 4 members (excludes halogenated alkanes) is 11. The first-order chi connectivity index (χ1) is 11.7. The number of hydrogen-bond donors (Lipinski definition) is 3. The number of carbonyl (C=O) groups excluding carboxylic acids is 1. The summed E-state index contributed by atoms with van der Waals surface area (Å²) < 4.78 is 0. The Morgan fingerprint density at radius 2 is 1.42 bits per heavy atom. The minimum Gasteiger partial charge on any atom is -0.377 e. The molecule has 0 bridgehead atoms. The van der Waals surface area contributed by atoms with Crippen molar-refractivity contribution in [1.29, 1.82) is 0 Å². The second-order valence-corrected chi connectivity index (χ2v) is 6.71. The minimum absolute atomic E-state index is 0.0165. The van der Waals surface area contributed by atoms with Gasteiger partial charge >= 0.3 is 0 Å². The SMILES string of the molecule is CCCCCCCC/C=C\CCCCCCCC(=O)NCC(N)O. The highest BCUT2D eigenvalue weighted by Gasteiger charge is 2.02. The first-order valence-electron chi connectivity index (χ1n) is 10.0. The summed E-state index contributed by atoms with van der Waals surface area (Å²) in [6, 6.07) is 0. The van der Waals surface area contributed by atoms with Crippen LogP contribution in [0.5, 0.6) is 0 Å². The van der Waals surface area contributed by atoms with Gasteiger partial charge in [-0.15, -0.1) is 0 Å². The van der Waals surface area contributed by atoms with Gasteiger partial charge in [0.1, 0.15) is 6.23 Å². The first kappa shape index (κ1) is 23.1. The molecule has 0 aliphatic rings. The van der Waals surface area contributed by atoms with Crippen LogP contribution < -0.4 is 11.1 Å². The molecule has 0 aliphatic heterocycles. The molecule has 0 aromatic carbocycles. The molecule has 1 amide bonds. The third kappa shape index (κ3) is 19.2. The van der Waals surface area contributed by atoms with Gasteiger partial charge < -0.3 is 16.2 Å². The summed E-state index contributed by atoms with van der Waals surface area (Å²) in [7, 11) is 0. The molecular weight excluding hydrogens is 300 g/mol. The number of aliphatic hydroxyl groups is 1. The number of aliphatic hydroxyl groups excluding tert-OH is 1. The Labute approximate surface area is 149 Å². The van der Waals surface area contributed by atoms with Gasteiger partial charge in [-0.1, -0.05) is 70.4 Å². The van der Waals surface area contributed by atoms with Crippen LogP contribution in [0.4, 0.5) is 0 Å². The normalized spacial score (nSPS) is 12.6. The van der Waals surface area contributed by atoms with Crippen molar-refractivity contribution in [3.63, 3.8) is 0 Å². The Hall–Kier alpha value is -0.870. The number of carbonyl (C=O) groups is 1. The van der Waals surface area contributed by atoms with Gasteiger partial charge in [0.05, 0.1) is 6.54 Å². The highest BCUT2D eigenvalue weighted by molar-refractivity contribution is 5.75. The molecule has 0 aromatic heterocycles. The van der Waals surface area contributed by atoms with Crippen LogP contribution in [-0.4, -0.2) is 23.8 Å². The van der Waals surface area contributed by atoms with Gasteiger partial charge in [-0.05, 0) is 32.1 Å². The summed E-state index contributed by atoms with van der Waals surface area (Å²) in [6.07, 6.45) is 20.6. The standard InChI is InChI=1S/C20H40N2O2/c1-2-3-4-5-6-7-8-9-10-11-12-13-14-15-16-17-20(24)22-18-19(21)23/h9-10,19,23H,2-8,11-18,21H2,1H3,(H,22,24)/b10-9-. The summed E-state index contributed by atoms with van der Waals surface area (Å²) in [4.78, 5) is 11.4. The van der Waals surface area contributed by atoms with Gasteiger partial charge in [0.25, 0.3) is 0 Å². The zero-order chi connectivity index (χ0) is 17.9. The van der Waals surface area contributed by atoms with Crippen LogP contribution in [-0.2, 0) is 4.79 Å². The zero-order valence-electron chi connectivity index (χ0n) is 15.8. The lowest BCUT2D eigenvalue weighted by molar-refractivity contribution is -0.121. The van der Waals surface area contributed by atoms with E-state index < -0.39 is 6.23 Å². The molecule has 0 fully saturated rings. The lowest BCUT2D eigenvalue weighted by atomic mass is 10.1. The lowest BCUT2D eigenvalue weighted by Crippen LogP contribution is -2.36. The molecule has 4 nitrogen and oxygen atoms in total. The largest absolute Gasteiger partial charge is 0.377 e. The summed E-state index contributed by atoms with van der Waals surface area (Å²) in [5.41, 5.74) is 5.16. The second-order valence-electron chi connectivity index (χ2n) is 6.71. The van der Waals surface area contributed by atoms with E-state index in [9.17, 15) is 4.79 Å². The predicted molar refractivity (Wildman–Crippen MR) is 103 cm³/mol. The van der Waals surface area contributed by atoms with E-state index in [0.717, 1.165) is 12.8 Å². The van der Waals surface area contributed by atoms with Gasteiger partial charge in [0, 0.05) is 6.42 Å². The van der Waals surface area contributed by atoms with E-state index >= 15 is 0 Å². The van der Waals surface area contributed by atoms with Gasteiger partial charge in [-0.25, -0.2) is 0 Å². The van der Waals surface area contributed by atoms with Crippen molar-refractivity contribution < 1.29 is 9.90 Å². The Balaban J connectivity index is 3.19. The summed E-state index contributed by atoms with van der Waals surface area (Å²) in [6.45, 7) is 2.40. The van der Waals surface area contributed by atoms with Crippen LogP contribution in [0.3, 0.4) is 0 Å². The highest BCUT2D eigenvalue weighted by Crippen LogP contribution is 2.09. The molecule has 142 valence electrons. The molecule has 1 unspecified atom stereocenters. The Kier molecular flexibility index (Phi) is 17.8. The van der Waals surface area contributed by atoms with E-state index in [1.165, 1.54) is 70.6 Å². The smallest absolute Gasteiger partial charge is 0.220 e. The molecule has 0 saturated carbocycles. The lowest BCUT2D eigenvalue weighted by Gasteiger charge is -2.06. The average Bonchev–Trinajstić information content (AvgIpc) is 2.56. The maximum absolute atomic E-state index is 11.4. The maximum atomic E-state index is 11.4. The van der Waals surface area contributed by atoms with Crippen molar-refractivity contribution in [3.8, 4) is 0 Å². The van der Waals surface area contributed by atoms with Crippen molar-refractivity contribution >= 4 is 5.91 Å². The van der Waals surface area contributed by atoms with Crippen LogP contribution in [0.1, 0.15) is 96.8 Å². The molecule has 0 rings (SSSR count). The molecule has 0 spiro atoms. The Morgan fingerprint density at radius 3 is 1.96 bits per heavy atom. The van der Waals surface area contributed by atoms with Crippen molar-refractivity contribution in [3.05, 3.63) is 12.2 Å². The predicted octanol–water partition coefficient (Wildman–Crippen LogP) is 4.42. The van der Waals surface area contributed by atoms with E-state index in [1.54, 1.807) is 0 Å². The van der Waals surface area contributed by atoms with Crippen molar-refractivity contribution in [2.24, 2.45) is 5.73 Å². The summed E-state index contributed by atoms with van der Waals surface area (Å²) >= 11 is 0. The molecule has 24 heavy (non-hydrogen) atoms. The fourth-order valence-corrected chi connectivity index (χ4v) is 2.66. The van der Waals surface area contributed by atoms with Crippen LogP contribution in [0, 0.1) is 0 Å². The molecule has 0 aliphatic carbocycles. The molecule has 1 atom stereocenters. The Bertz CT molecular complexity index is 304. The summed E-state index contributed by atoms with van der Waals surface area (Å²) in [5.74, 6) is -0.0165. The third-order valence-corrected chi connectivity index (χ3v) is 4.17. The van der Waals surface area contributed by atoms with Crippen molar-refractivity contribution in [2.45, 2.75) is 103 Å². The first-order valence-corrected chi connectivity index (χ1v) is 10.0. The quantitative estimate of drug-likeness (QED) is 0.208. The maximum Gasteiger partial charge on any atom is 0.220 e. The summed E-state index contributed by atoms with van der Waals surface area (Å²) in [5, 5.41) is 11.5. The van der Waals surface area contributed by atoms with Crippen LogP contribution in [0.25, 0.3) is 0 Å². The van der Waals surface area contributed by atoms with Crippen molar-refractivity contribution in [2.75, 3.05) is 6.54 Å². The topological polar surface area (TPSA) is 75.4 Å². The van der Waals surface area contributed by atoms with E-state index in [2.05, 4.69) is 24.4 Å². The fourth-order valence-electron chi connectivity index (χ4n) is 2.66. The van der Waals surface area contributed by atoms with Gasteiger partial charge in [-0.3, -0.25) is 4.79 Å². The number of nitrogens with one attached hydrogen (secondary N) is 1. The van der Waals surface area contributed by atoms with E-state index in [0.29, 0.717) is 6.42 Å². The molecule has 4 heteroatoms. The fraction of sp³-hybridized carbons (Fsp3) is 0.850. The van der Waals surface area contributed by atoms with E-state index in [-0.39, 0.29) is 12.5 Å². The van der Waals surface area contributed by atoms with Crippen LogP contribution >= 0.6 is 0 Å². The van der Waals surface area contributed by atoms with E-state index in [1.807, 2.05) is 0 Å². The van der Waals surface area contributed by atoms with Crippen LogP contribution in [0.15, 0.2) is 12.2 Å². The monoisotopic (exact) mass is 340 g/mol. The van der Waals surface area contributed by atoms with Gasteiger partial charge in [0.15, 0.2) is 0 Å². The second kappa shape index (κ2) is 18.5. The molecule has 0 heterocycles. The molecule has 0 saturated heterocycles. The van der Waals surface area contributed by atoms with Crippen LogP contribution in [0.2, 0.25) is 0 Å². The number of amides is 1. The molecule has 0 radical (unpaired) electrons. The average molecular weight is 341 g/mol. The number of allylic oxidation sites excluding steroid dienone is 2. The van der Waals surface area contributed by atoms with Crippen molar-refractivity contribution in [1.82, 2.24) is 5.32 Å². The third-order valence-electron chi connectivity index (χ3n) is 4.17. The van der Waals surface area contributed by atoms with Gasteiger partial charge in [0.2, 0.25) is 5.91 Å². The number of rotatable bonds is 17. The van der Waals surface area contributed by atoms with E-state index in [4.69, 9.17) is 10.8 Å². The number of nitrogens with two attached hydrogens (primary N) is 1. The Morgan fingerprint density at radius 1 is 0.917 bits per heavy atom. The number of hydrogen-bond acceptors (Lipinski definition) is 3. The molecule has 0 aromatic rings. The highest BCUT2D eigenvalue weighted by atomic mass is 16.3. The molecular formula is C20H40N2O2. The minimum atomic E-state index is -0.955. The molecule has 4 N–H and O–H groups in total.